The Kier molecular flexibility index (Phi) is 4.03. The SMILES string of the molecule is COc1ccc(Cl)cc1-c1c(C2CCOCC2)noc1N. The third-order valence-electron chi connectivity index (χ3n) is 3.78. The van der Waals surface area contributed by atoms with E-state index < -0.39 is 0 Å². The predicted octanol–water partition coefficient (Wildman–Crippen LogP) is 3.48. The Balaban J connectivity index is 2.09. The lowest BCUT2D eigenvalue weighted by atomic mass is 9.91. The van der Waals surface area contributed by atoms with Crippen molar-refractivity contribution in [1.82, 2.24) is 5.16 Å². The fraction of sp³-hybridized carbons (Fsp3) is 0.400. The molecule has 6 heteroatoms. The summed E-state index contributed by atoms with van der Waals surface area (Å²) in [5.41, 5.74) is 8.44. The fourth-order valence-electron chi connectivity index (χ4n) is 2.71. The number of anilines is 1. The second kappa shape index (κ2) is 5.95. The third-order valence-corrected chi connectivity index (χ3v) is 4.02. The lowest BCUT2D eigenvalue weighted by Gasteiger charge is -2.21. The van der Waals surface area contributed by atoms with E-state index in [4.69, 9.17) is 31.3 Å². The molecule has 0 radical (unpaired) electrons. The Morgan fingerprint density at radius 1 is 1.33 bits per heavy atom. The van der Waals surface area contributed by atoms with Crippen LogP contribution >= 0.6 is 11.6 Å². The number of methoxy groups -OCH3 is 1. The zero-order valence-electron chi connectivity index (χ0n) is 11.8. The summed E-state index contributed by atoms with van der Waals surface area (Å²) in [5.74, 6) is 1.26. The topological polar surface area (TPSA) is 70.5 Å². The maximum Gasteiger partial charge on any atom is 0.230 e. The molecule has 1 aliphatic heterocycles. The summed E-state index contributed by atoms with van der Waals surface area (Å²) >= 11 is 6.11. The van der Waals surface area contributed by atoms with Gasteiger partial charge in [0, 0.05) is 29.7 Å². The molecule has 1 fully saturated rings. The van der Waals surface area contributed by atoms with E-state index in [1.165, 1.54) is 0 Å². The molecular weight excluding hydrogens is 292 g/mol. The molecule has 0 unspecified atom stereocenters. The van der Waals surface area contributed by atoms with Crippen molar-refractivity contribution in [1.29, 1.82) is 0 Å². The first-order valence-corrected chi connectivity index (χ1v) is 7.25. The van der Waals surface area contributed by atoms with E-state index in [1.54, 1.807) is 13.2 Å². The first-order valence-electron chi connectivity index (χ1n) is 6.87. The van der Waals surface area contributed by atoms with E-state index >= 15 is 0 Å². The van der Waals surface area contributed by atoms with Crippen LogP contribution < -0.4 is 10.5 Å². The van der Waals surface area contributed by atoms with Crippen molar-refractivity contribution in [2.24, 2.45) is 0 Å². The highest BCUT2D eigenvalue weighted by Gasteiger charge is 2.27. The molecule has 2 heterocycles. The first kappa shape index (κ1) is 14.2. The number of nitrogen functional groups attached to an aromatic ring is 1. The summed E-state index contributed by atoms with van der Waals surface area (Å²) < 4.78 is 16.0. The molecule has 0 saturated carbocycles. The lowest BCUT2D eigenvalue weighted by Crippen LogP contribution is -2.15. The molecule has 1 saturated heterocycles. The molecule has 0 aliphatic carbocycles. The van der Waals surface area contributed by atoms with Crippen molar-refractivity contribution < 1.29 is 14.0 Å². The Labute approximate surface area is 128 Å². The molecule has 0 atom stereocenters. The first-order chi connectivity index (χ1) is 10.2. The number of benzene rings is 1. The molecule has 1 aromatic heterocycles. The molecule has 2 N–H and O–H groups in total. The summed E-state index contributed by atoms with van der Waals surface area (Å²) in [7, 11) is 1.62. The quantitative estimate of drug-likeness (QED) is 0.940. The number of rotatable bonds is 3. The molecule has 1 aliphatic rings. The molecule has 0 amide bonds. The van der Waals surface area contributed by atoms with Crippen LogP contribution in [0, 0.1) is 0 Å². The zero-order valence-corrected chi connectivity index (χ0v) is 12.5. The Morgan fingerprint density at radius 3 is 2.81 bits per heavy atom. The van der Waals surface area contributed by atoms with Gasteiger partial charge in [0.05, 0.1) is 18.4 Å². The van der Waals surface area contributed by atoms with Crippen molar-refractivity contribution in [2.75, 3.05) is 26.1 Å². The van der Waals surface area contributed by atoms with Gasteiger partial charge in [0.25, 0.3) is 0 Å². The van der Waals surface area contributed by atoms with Crippen LogP contribution in [0.4, 0.5) is 5.88 Å². The lowest BCUT2D eigenvalue weighted by molar-refractivity contribution is 0.0839. The molecular formula is C15H17ClN2O3. The third kappa shape index (κ3) is 2.71. The highest BCUT2D eigenvalue weighted by molar-refractivity contribution is 6.31. The number of nitrogens with two attached hydrogens (primary N) is 1. The van der Waals surface area contributed by atoms with Crippen molar-refractivity contribution in [3.63, 3.8) is 0 Å². The zero-order chi connectivity index (χ0) is 14.8. The van der Waals surface area contributed by atoms with Gasteiger partial charge >= 0.3 is 0 Å². The van der Waals surface area contributed by atoms with Gasteiger partial charge in [-0.1, -0.05) is 16.8 Å². The Bertz CT molecular complexity index is 636. The monoisotopic (exact) mass is 308 g/mol. The van der Waals surface area contributed by atoms with Crippen LogP contribution in [0.1, 0.15) is 24.5 Å². The van der Waals surface area contributed by atoms with E-state index in [0.29, 0.717) is 10.8 Å². The highest BCUT2D eigenvalue weighted by Crippen LogP contribution is 2.42. The van der Waals surface area contributed by atoms with E-state index in [2.05, 4.69) is 5.16 Å². The van der Waals surface area contributed by atoms with Gasteiger partial charge in [-0.3, -0.25) is 0 Å². The van der Waals surface area contributed by atoms with Gasteiger partial charge < -0.3 is 19.7 Å². The van der Waals surface area contributed by atoms with Crippen molar-refractivity contribution in [3.05, 3.63) is 28.9 Å². The minimum Gasteiger partial charge on any atom is -0.496 e. The summed E-state index contributed by atoms with van der Waals surface area (Å²) in [6, 6.07) is 5.42. The maximum absolute atomic E-state index is 6.11. The molecule has 2 aromatic rings. The largest absolute Gasteiger partial charge is 0.496 e. The number of halogens is 1. The molecule has 0 bridgehead atoms. The van der Waals surface area contributed by atoms with Crippen LogP contribution in [0.2, 0.25) is 5.02 Å². The van der Waals surface area contributed by atoms with Gasteiger partial charge in [-0.15, -0.1) is 0 Å². The van der Waals surface area contributed by atoms with Crippen LogP contribution in [0.5, 0.6) is 5.75 Å². The van der Waals surface area contributed by atoms with E-state index in [1.807, 2.05) is 12.1 Å². The average Bonchev–Trinajstić information content (AvgIpc) is 2.89. The Hall–Kier alpha value is -1.72. The summed E-state index contributed by atoms with van der Waals surface area (Å²) in [6.45, 7) is 1.45. The van der Waals surface area contributed by atoms with Gasteiger partial charge in [-0.25, -0.2) is 0 Å². The second-order valence-electron chi connectivity index (χ2n) is 5.04. The van der Waals surface area contributed by atoms with Crippen LogP contribution in [-0.2, 0) is 4.74 Å². The number of hydrogen-bond donors (Lipinski definition) is 1. The molecule has 0 spiro atoms. The van der Waals surface area contributed by atoms with Gasteiger partial charge in [-0.2, -0.15) is 0 Å². The van der Waals surface area contributed by atoms with Gasteiger partial charge in [0.1, 0.15) is 5.75 Å². The fourth-order valence-corrected chi connectivity index (χ4v) is 2.88. The minimum atomic E-state index is 0.276. The number of nitrogens with zero attached hydrogens (tertiary/aromatic N) is 1. The predicted molar refractivity (Wildman–Crippen MR) is 80.7 cm³/mol. The van der Waals surface area contributed by atoms with Gasteiger partial charge in [0.2, 0.25) is 5.88 Å². The normalized spacial score (nSPS) is 16.1. The second-order valence-corrected chi connectivity index (χ2v) is 5.47. The van der Waals surface area contributed by atoms with Crippen molar-refractivity contribution in [3.8, 4) is 16.9 Å². The number of ether oxygens (including phenoxy) is 2. The van der Waals surface area contributed by atoms with E-state index in [-0.39, 0.29) is 11.8 Å². The standard InChI is InChI=1S/C15H17ClN2O3/c1-19-12-3-2-10(16)8-11(12)13-14(18-21-15(13)17)9-4-6-20-7-5-9/h2-3,8-9H,4-7,17H2,1H3. The van der Waals surface area contributed by atoms with E-state index in [0.717, 1.165) is 42.9 Å². The maximum atomic E-state index is 6.11. The van der Waals surface area contributed by atoms with Crippen molar-refractivity contribution >= 4 is 17.5 Å². The highest BCUT2D eigenvalue weighted by atomic mass is 35.5. The van der Waals surface area contributed by atoms with Crippen molar-refractivity contribution in [2.45, 2.75) is 18.8 Å². The van der Waals surface area contributed by atoms with Crippen LogP contribution in [0.3, 0.4) is 0 Å². The smallest absolute Gasteiger partial charge is 0.230 e. The average molecular weight is 309 g/mol. The summed E-state index contributed by atoms with van der Waals surface area (Å²) in [6.07, 6.45) is 1.81. The Morgan fingerprint density at radius 2 is 2.10 bits per heavy atom. The molecule has 3 rings (SSSR count). The number of hydrogen-bond acceptors (Lipinski definition) is 5. The molecule has 21 heavy (non-hydrogen) atoms. The van der Waals surface area contributed by atoms with Crippen LogP contribution in [0.25, 0.3) is 11.1 Å². The van der Waals surface area contributed by atoms with Crippen LogP contribution in [0.15, 0.2) is 22.7 Å². The van der Waals surface area contributed by atoms with Gasteiger partial charge in [0.15, 0.2) is 0 Å². The molecule has 5 nitrogen and oxygen atoms in total. The summed E-state index contributed by atoms with van der Waals surface area (Å²) in [5, 5.41) is 4.78. The molecule has 112 valence electrons. The van der Waals surface area contributed by atoms with Crippen LogP contribution in [-0.4, -0.2) is 25.5 Å². The van der Waals surface area contributed by atoms with E-state index in [9.17, 15) is 0 Å². The molecule has 1 aromatic carbocycles. The number of aromatic nitrogens is 1. The van der Waals surface area contributed by atoms with Gasteiger partial charge in [-0.05, 0) is 31.0 Å². The summed E-state index contributed by atoms with van der Waals surface area (Å²) in [4.78, 5) is 0. The minimum absolute atomic E-state index is 0.276.